The molecule has 0 fully saturated rings. The molecule has 72 valence electrons. The molecule has 3 nitrogen and oxygen atoms in total. The number of amides is 1. The smallest absolute Gasteiger partial charge is 0.300 e. The third-order valence-corrected chi connectivity index (χ3v) is 2.02. The van der Waals surface area contributed by atoms with E-state index in [4.69, 9.17) is 23.8 Å². The van der Waals surface area contributed by atoms with Gasteiger partial charge in [0.2, 0.25) is 0 Å². The summed E-state index contributed by atoms with van der Waals surface area (Å²) >= 11 is 5.83. The summed E-state index contributed by atoms with van der Waals surface area (Å²) in [7, 11) is 0. The van der Waals surface area contributed by atoms with Crippen molar-refractivity contribution in [2.45, 2.75) is 6.54 Å². The van der Waals surface area contributed by atoms with E-state index in [1.165, 1.54) is 0 Å². The van der Waals surface area contributed by atoms with Crippen LogP contribution in [0.1, 0.15) is 5.56 Å². The fraction of sp³-hybridized carbons (Fsp3) is 0.100. The van der Waals surface area contributed by atoms with E-state index < -0.39 is 5.91 Å². The number of nitrogens with one attached hydrogen (secondary N) is 1. The Morgan fingerprint density at radius 1 is 1.64 bits per heavy atom. The van der Waals surface area contributed by atoms with Crippen molar-refractivity contribution in [2.75, 3.05) is 5.32 Å². The number of anilines is 1. The van der Waals surface area contributed by atoms with Gasteiger partial charge in [-0.05, 0) is 29.7 Å². The quantitative estimate of drug-likeness (QED) is 0.722. The number of hydrogen-bond acceptors (Lipinski definition) is 2. The molecule has 1 amide bonds. The molecule has 0 bridgehead atoms. The molecule has 1 rings (SSSR count). The van der Waals surface area contributed by atoms with Gasteiger partial charge in [-0.25, -0.2) is 0 Å². The lowest BCUT2D eigenvalue weighted by atomic mass is 10.2. The molecule has 1 aromatic carbocycles. The van der Waals surface area contributed by atoms with Gasteiger partial charge < -0.3 is 11.1 Å². The van der Waals surface area contributed by atoms with Crippen molar-refractivity contribution in [1.82, 2.24) is 0 Å². The van der Waals surface area contributed by atoms with Crippen LogP contribution in [0.2, 0.25) is 5.02 Å². The van der Waals surface area contributed by atoms with Crippen molar-refractivity contribution in [3.8, 4) is 12.3 Å². The number of carbonyl (C=O) groups excluding carboxylic acids is 1. The molecular weight excluding hydrogens is 200 g/mol. The van der Waals surface area contributed by atoms with E-state index in [0.29, 0.717) is 17.3 Å². The lowest BCUT2D eigenvalue weighted by molar-refractivity contribution is -0.111. The van der Waals surface area contributed by atoms with Gasteiger partial charge in [-0.15, -0.1) is 6.42 Å². The van der Waals surface area contributed by atoms with Crippen LogP contribution in [0, 0.1) is 12.3 Å². The molecule has 0 aromatic heterocycles. The number of rotatable bonds is 2. The fourth-order valence-electron chi connectivity index (χ4n) is 0.976. The zero-order valence-electron chi connectivity index (χ0n) is 7.38. The normalized spacial score (nSPS) is 9.21. The average Bonchev–Trinajstić information content (AvgIpc) is 2.20. The minimum absolute atomic E-state index is 0.318. The van der Waals surface area contributed by atoms with Gasteiger partial charge in [0, 0.05) is 17.3 Å². The summed E-state index contributed by atoms with van der Waals surface area (Å²) in [6, 6.07) is 5.02. The summed E-state index contributed by atoms with van der Waals surface area (Å²) in [4.78, 5) is 10.9. The van der Waals surface area contributed by atoms with Gasteiger partial charge >= 0.3 is 0 Å². The number of benzene rings is 1. The van der Waals surface area contributed by atoms with E-state index in [1.807, 2.05) is 5.92 Å². The number of nitrogens with two attached hydrogens (primary N) is 1. The summed E-state index contributed by atoms with van der Waals surface area (Å²) in [5.74, 6) is 1.46. The highest BCUT2D eigenvalue weighted by molar-refractivity contribution is 6.31. The Labute approximate surface area is 87.2 Å². The van der Waals surface area contributed by atoms with Crippen LogP contribution in [-0.4, -0.2) is 5.91 Å². The molecule has 0 aliphatic heterocycles. The Bertz CT molecular complexity index is 396. The van der Waals surface area contributed by atoms with Crippen molar-refractivity contribution < 1.29 is 4.79 Å². The summed E-state index contributed by atoms with van der Waals surface area (Å²) in [6.45, 7) is 0.318. The summed E-state index contributed by atoms with van der Waals surface area (Å²) in [5, 5.41) is 3.08. The van der Waals surface area contributed by atoms with Gasteiger partial charge in [-0.1, -0.05) is 11.6 Å². The molecule has 1 aromatic rings. The van der Waals surface area contributed by atoms with Crippen LogP contribution >= 0.6 is 11.6 Å². The molecule has 0 atom stereocenters. The molecule has 0 aliphatic rings. The predicted octanol–water partition coefficient (Wildman–Crippen LogP) is 1.37. The zero-order chi connectivity index (χ0) is 10.6. The van der Waals surface area contributed by atoms with Crippen LogP contribution < -0.4 is 11.1 Å². The van der Waals surface area contributed by atoms with Crippen molar-refractivity contribution in [3.05, 3.63) is 28.8 Å². The largest absolute Gasteiger partial charge is 0.326 e. The van der Waals surface area contributed by atoms with E-state index in [-0.39, 0.29) is 0 Å². The number of carbonyl (C=O) groups is 1. The number of halogens is 1. The molecule has 0 saturated carbocycles. The van der Waals surface area contributed by atoms with Crippen LogP contribution in [0.5, 0.6) is 0 Å². The molecule has 0 spiro atoms. The molecular formula is C10H9ClN2O. The monoisotopic (exact) mass is 208 g/mol. The SMILES string of the molecule is C#CC(=O)Nc1ccc(Cl)c(CN)c1. The number of terminal acetylenes is 1. The second kappa shape index (κ2) is 4.66. The van der Waals surface area contributed by atoms with Crippen molar-refractivity contribution in [2.24, 2.45) is 5.73 Å². The zero-order valence-corrected chi connectivity index (χ0v) is 8.14. The molecule has 4 heteroatoms. The Morgan fingerprint density at radius 3 is 2.93 bits per heavy atom. The van der Waals surface area contributed by atoms with Gasteiger partial charge in [0.15, 0.2) is 0 Å². The molecule has 0 saturated heterocycles. The van der Waals surface area contributed by atoms with Crippen LogP contribution in [0.25, 0.3) is 0 Å². The Kier molecular flexibility index (Phi) is 3.52. The Hall–Kier alpha value is -1.50. The molecule has 3 N–H and O–H groups in total. The van der Waals surface area contributed by atoms with E-state index >= 15 is 0 Å². The van der Waals surface area contributed by atoms with Crippen molar-refractivity contribution in [3.63, 3.8) is 0 Å². The maximum atomic E-state index is 10.9. The maximum Gasteiger partial charge on any atom is 0.300 e. The van der Waals surface area contributed by atoms with Crippen LogP contribution in [-0.2, 0) is 11.3 Å². The summed E-state index contributed by atoms with van der Waals surface area (Å²) in [5.41, 5.74) is 6.81. The average molecular weight is 209 g/mol. The van der Waals surface area contributed by atoms with Gasteiger partial charge in [0.05, 0.1) is 0 Å². The molecule has 0 heterocycles. The van der Waals surface area contributed by atoms with Gasteiger partial charge in [0.25, 0.3) is 5.91 Å². The van der Waals surface area contributed by atoms with Crippen molar-refractivity contribution >= 4 is 23.2 Å². The standard InChI is InChI=1S/C10H9ClN2O/c1-2-10(14)13-8-3-4-9(11)7(5-8)6-12/h1,3-5H,6,12H2,(H,13,14). The first-order valence-electron chi connectivity index (χ1n) is 3.93. The van der Waals surface area contributed by atoms with E-state index in [9.17, 15) is 4.79 Å². The summed E-state index contributed by atoms with van der Waals surface area (Å²) in [6.07, 6.45) is 4.91. The predicted molar refractivity (Wildman–Crippen MR) is 56.8 cm³/mol. The first kappa shape index (κ1) is 10.6. The van der Waals surface area contributed by atoms with Gasteiger partial charge in [-0.2, -0.15) is 0 Å². The molecule has 0 radical (unpaired) electrons. The maximum absolute atomic E-state index is 10.9. The molecule has 14 heavy (non-hydrogen) atoms. The van der Waals surface area contributed by atoms with Gasteiger partial charge in [0.1, 0.15) is 0 Å². The lowest BCUT2D eigenvalue weighted by Crippen LogP contribution is -2.08. The number of hydrogen-bond donors (Lipinski definition) is 2. The highest BCUT2D eigenvalue weighted by atomic mass is 35.5. The molecule has 0 unspecified atom stereocenters. The highest BCUT2D eigenvalue weighted by Gasteiger charge is 2.02. The second-order valence-corrected chi connectivity index (χ2v) is 3.02. The summed E-state index contributed by atoms with van der Waals surface area (Å²) < 4.78 is 0. The lowest BCUT2D eigenvalue weighted by Gasteiger charge is -2.05. The molecule has 0 aliphatic carbocycles. The van der Waals surface area contributed by atoms with E-state index in [2.05, 4.69) is 5.32 Å². The second-order valence-electron chi connectivity index (χ2n) is 2.61. The minimum atomic E-state index is -0.490. The van der Waals surface area contributed by atoms with Crippen LogP contribution in [0.15, 0.2) is 18.2 Å². The highest BCUT2D eigenvalue weighted by Crippen LogP contribution is 2.19. The third-order valence-electron chi connectivity index (χ3n) is 1.65. The minimum Gasteiger partial charge on any atom is -0.326 e. The van der Waals surface area contributed by atoms with E-state index in [0.717, 1.165) is 5.56 Å². The Morgan fingerprint density at radius 2 is 2.36 bits per heavy atom. The fourth-order valence-corrected chi connectivity index (χ4v) is 1.17. The van der Waals surface area contributed by atoms with Gasteiger partial charge in [-0.3, -0.25) is 4.79 Å². The third kappa shape index (κ3) is 2.49. The van der Waals surface area contributed by atoms with E-state index in [1.54, 1.807) is 18.2 Å². The first-order chi connectivity index (χ1) is 6.67. The topological polar surface area (TPSA) is 55.1 Å². The van der Waals surface area contributed by atoms with Crippen LogP contribution in [0.3, 0.4) is 0 Å². The first-order valence-corrected chi connectivity index (χ1v) is 4.31. The Balaban J connectivity index is 2.91. The van der Waals surface area contributed by atoms with Crippen LogP contribution in [0.4, 0.5) is 5.69 Å². The van der Waals surface area contributed by atoms with Crippen molar-refractivity contribution in [1.29, 1.82) is 0 Å².